The number of hydrogen-bond acceptors (Lipinski definition) is 4. The van der Waals surface area contributed by atoms with Crippen molar-refractivity contribution < 1.29 is 13.2 Å². The van der Waals surface area contributed by atoms with Crippen molar-refractivity contribution in [1.29, 1.82) is 5.26 Å². The van der Waals surface area contributed by atoms with E-state index in [9.17, 15) is 18.4 Å². The van der Waals surface area contributed by atoms with E-state index in [2.05, 4.69) is 11.1 Å². The van der Waals surface area contributed by atoms with Gasteiger partial charge in [-0.3, -0.25) is 0 Å². The quantitative estimate of drug-likeness (QED) is 0.552. The minimum atomic E-state index is -4.39. The van der Waals surface area contributed by atoms with Crippen LogP contribution in [0.4, 0.5) is 13.2 Å². The number of benzene rings is 1. The summed E-state index contributed by atoms with van der Waals surface area (Å²) in [6, 6.07) is 7.44. The summed E-state index contributed by atoms with van der Waals surface area (Å²) in [4.78, 5) is 5.22. The van der Waals surface area contributed by atoms with Crippen LogP contribution in [0.2, 0.25) is 0 Å². The van der Waals surface area contributed by atoms with Crippen molar-refractivity contribution >= 4 is 44.5 Å². The van der Waals surface area contributed by atoms with Gasteiger partial charge in [0.15, 0.2) is 0 Å². The minimum Gasteiger partial charge on any atom is -0.235 e. The molecule has 2 nitrogen and oxygen atoms in total. The van der Waals surface area contributed by atoms with Crippen LogP contribution in [0.5, 0.6) is 0 Å². The molecule has 0 bridgehead atoms. The van der Waals surface area contributed by atoms with Crippen LogP contribution in [0.1, 0.15) is 21.0 Å². The summed E-state index contributed by atoms with van der Waals surface area (Å²) >= 11 is 2.59. The molecule has 23 heavy (non-hydrogen) atoms. The number of fused-ring (bicyclic) bond motifs is 1. The maximum atomic E-state index is 12.8. The van der Waals surface area contributed by atoms with Gasteiger partial charge in [-0.1, -0.05) is 0 Å². The Labute approximate surface area is 138 Å². The molecule has 3 aromatic rings. The highest BCUT2D eigenvalue weighted by Gasteiger charge is 2.30. The van der Waals surface area contributed by atoms with Gasteiger partial charge in [-0.2, -0.15) is 18.4 Å². The van der Waals surface area contributed by atoms with E-state index in [4.69, 9.17) is 0 Å². The third-order valence-electron chi connectivity index (χ3n) is 3.24. The average molecular weight is 350 g/mol. The molecule has 2 aromatic heterocycles. The van der Waals surface area contributed by atoms with Gasteiger partial charge in [-0.15, -0.1) is 22.7 Å². The zero-order chi connectivity index (χ0) is 16.6. The summed E-state index contributed by atoms with van der Waals surface area (Å²) in [6.45, 7) is 1.94. The number of allylic oxidation sites excluding steroid dienone is 1. The van der Waals surface area contributed by atoms with Gasteiger partial charge in [-0.25, -0.2) is 4.98 Å². The number of thiazole rings is 1. The van der Waals surface area contributed by atoms with Crippen LogP contribution < -0.4 is 0 Å². The molecule has 0 spiro atoms. The Morgan fingerprint density at radius 2 is 2.09 bits per heavy atom. The van der Waals surface area contributed by atoms with Crippen LogP contribution in [-0.4, -0.2) is 4.98 Å². The molecule has 3 rings (SSSR count). The zero-order valence-corrected chi connectivity index (χ0v) is 13.4. The summed E-state index contributed by atoms with van der Waals surface area (Å²) in [5.74, 6) is 0. The fourth-order valence-electron chi connectivity index (χ4n) is 2.02. The fourth-order valence-corrected chi connectivity index (χ4v) is 3.85. The predicted molar refractivity (Wildman–Crippen MR) is 87.2 cm³/mol. The lowest BCUT2D eigenvalue weighted by Gasteiger charge is -2.04. The Kier molecular flexibility index (Phi) is 3.96. The van der Waals surface area contributed by atoms with Crippen molar-refractivity contribution in [1.82, 2.24) is 4.98 Å². The van der Waals surface area contributed by atoms with Crippen molar-refractivity contribution in [2.75, 3.05) is 0 Å². The van der Waals surface area contributed by atoms with E-state index < -0.39 is 11.7 Å². The first-order valence-electron chi connectivity index (χ1n) is 6.52. The lowest BCUT2D eigenvalue weighted by Crippen LogP contribution is -2.03. The van der Waals surface area contributed by atoms with Gasteiger partial charge < -0.3 is 0 Å². The van der Waals surface area contributed by atoms with E-state index >= 15 is 0 Å². The molecule has 2 heterocycles. The highest BCUT2D eigenvalue weighted by Crippen LogP contribution is 2.35. The first-order chi connectivity index (χ1) is 10.9. The first kappa shape index (κ1) is 15.7. The number of halogens is 3. The molecule has 0 radical (unpaired) electrons. The van der Waals surface area contributed by atoms with Gasteiger partial charge in [0, 0.05) is 4.88 Å². The SMILES string of the molecule is Cc1ccsc1C=C(C#N)c1nc2ccc(C(F)(F)F)cc2s1. The van der Waals surface area contributed by atoms with Crippen molar-refractivity contribution in [3.63, 3.8) is 0 Å². The highest BCUT2D eigenvalue weighted by atomic mass is 32.1. The molecule has 1 aromatic carbocycles. The van der Waals surface area contributed by atoms with Crippen LogP contribution in [-0.2, 0) is 6.18 Å². The standard InChI is InChI=1S/C16H9F3N2S2/c1-9-4-5-22-13(9)6-10(8-20)15-21-12-3-2-11(16(17,18)19)7-14(12)23-15/h2-7H,1H3. The third kappa shape index (κ3) is 3.14. The first-order valence-corrected chi connectivity index (χ1v) is 8.22. The fraction of sp³-hybridized carbons (Fsp3) is 0.125. The minimum absolute atomic E-state index is 0.352. The van der Waals surface area contributed by atoms with Gasteiger partial charge in [0.05, 0.1) is 21.4 Å². The van der Waals surface area contributed by atoms with Crippen LogP contribution >= 0.6 is 22.7 Å². The van der Waals surface area contributed by atoms with E-state index in [1.807, 2.05) is 18.4 Å². The number of hydrogen-bond donors (Lipinski definition) is 0. The van der Waals surface area contributed by atoms with E-state index in [1.165, 1.54) is 17.4 Å². The molecule has 0 saturated heterocycles. The maximum absolute atomic E-state index is 12.8. The normalized spacial score (nSPS) is 12.6. The number of nitrogens with zero attached hydrogens (tertiary/aromatic N) is 2. The number of nitriles is 1. The molecule has 0 saturated carbocycles. The molecule has 0 N–H and O–H groups in total. The van der Waals surface area contributed by atoms with Gasteiger partial charge >= 0.3 is 6.18 Å². The summed E-state index contributed by atoms with van der Waals surface area (Å²) in [5.41, 5.74) is 1.15. The Balaban J connectivity index is 2.07. The molecular weight excluding hydrogens is 341 g/mol. The summed E-state index contributed by atoms with van der Waals surface area (Å²) in [7, 11) is 0. The van der Waals surface area contributed by atoms with Crippen LogP contribution in [0, 0.1) is 18.3 Å². The second kappa shape index (κ2) is 5.80. The summed E-state index contributed by atoms with van der Waals surface area (Å²) in [5, 5.41) is 11.7. The Bertz CT molecular complexity index is 942. The number of aromatic nitrogens is 1. The smallest absolute Gasteiger partial charge is 0.235 e. The second-order valence-corrected chi connectivity index (χ2v) is 6.82. The van der Waals surface area contributed by atoms with Crippen molar-refractivity contribution in [3.05, 3.63) is 50.7 Å². The van der Waals surface area contributed by atoms with Gasteiger partial charge in [-0.05, 0) is 48.2 Å². The summed E-state index contributed by atoms with van der Waals surface area (Å²) < 4.78 is 38.7. The van der Waals surface area contributed by atoms with Gasteiger partial charge in [0.1, 0.15) is 11.1 Å². The molecule has 0 unspecified atom stereocenters. The molecule has 7 heteroatoms. The van der Waals surface area contributed by atoms with Crippen LogP contribution in [0.15, 0.2) is 29.6 Å². The maximum Gasteiger partial charge on any atom is 0.416 e. The number of rotatable bonds is 2. The molecule has 0 aliphatic carbocycles. The predicted octanol–water partition coefficient (Wildman–Crippen LogP) is 5.75. The van der Waals surface area contributed by atoms with E-state index in [-0.39, 0.29) is 0 Å². The van der Waals surface area contributed by atoms with E-state index in [1.54, 1.807) is 6.08 Å². The van der Waals surface area contributed by atoms with Crippen molar-refractivity contribution in [3.8, 4) is 6.07 Å². The molecule has 0 amide bonds. The number of thiophene rings is 1. The van der Waals surface area contributed by atoms with Crippen molar-refractivity contribution in [2.24, 2.45) is 0 Å². The van der Waals surface area contributed by atoms with Crippen LogP contribution in [0.3, 0.4) is 0 Å². The van der Waals surface area contributed by atoms with Gasteiger partial charge in [0.25, 0.3) is 0 Å². The zero-order valence-electron chi connectivity index (χ0n) is 11.8. The third-order valence-corrected chi connectivity index (χ3v) is 5.26. The summed E-state index contributed by atoms with van der Waals surface area (Å²) in [6.07, 6.45) is -2.66. The highest BCUT2D eigenvalue weighted by molar-refractivity contribution is 7.19. The molecule has 0 atom stereocenters. The van der Waals surface area contributed by atoms with Crippen molar-refractivity contribution in [2.45, 2.75) is 13.1 Å². The van der Waals surface area contributed by atoms with E-state index in [0.29, 0.717) is 20.8 Å². The lowest BCUT2D eigenvalue weighted by atomic mass is 10.2. The monoisotopic (exact) mass is 350 g/mol. The molecular formula is C16H9F3N2S2. The Morgan fingerprint density at radius 3 is 2.70 bits per heavy atom. The van der Waals surface area contributed by atoms with Gasteiger partial charge in [0.2, 0.25) is 0 Å². The molecule has 0 aliphatic rings. The van der Waals surface area contributed by atoms with E-state index in [0.717, 1.165) is 33.9 Å². The Hall–Kier alpha value is -2.17. The van der Waals surface area contributed by atoms with Crippen LogP contribution in [0.25, 0.3) is 21.9 Å². The topological polar surface area (TPSA) is 36.7 Å². The lowest BCUT2D eigenvalue weighted by molar-refractivity contribution is -0.137. The molecule has 0 fully saturated rings. The molecule has 116 valence electrons. The number of aryl methyl sites for hydroxylation is 1. The second-order valence-electron chi connectivity index (χ2n) is 4.84. The Morgan fingerprint density at radius 1 is 1.30 bits per heavy atom. The molecule has 0 aliphatic heterocycles. The largest absolute Gasteiger partial charge is 0.416 e. The number of alkyl halides is 3. The average Bonchev–Trinajstić information content (AvgIpc) is 3.08.